The van der Waals surface area contributed by atoms with Crippen molar-refractivity contribution in [3.63, 3.8) is 0 Å². The predicted octanol–water partition coefficient (Wildman–Crippen LogP) is 1.59. The second-order valence-electron chi connectivity index (χ2n) is 4.86. The van der Waals surface area contributed by atoms with E-state index in [1.807, 2.05) is 12.1 Å². The molecule has 0 atom stereocenters. The standard InChI is InChI=1S/C13H19NO2/c1-14(9-11-6-13(16)7-11)8-10-3-2-4-12(15)5-10/h2-5,11,13,15-16H,6-9H2,1H3. The first-order valence-corrected chi connectivity index (χ1v) is 5.78. The number of benzene rings is 1. The van der Waals surface area contributed by atoms with Gasteiger partial charge in [-0.2, -0.15) is 0 Å². The number of phenolic OH excluding ortho intramolecular Hbond substituents is 1. The highest BCUT2D eigenvalue weighted by atomic mass is 16.3. The molecule has 0 heterocycles. The van der Waals surface area contributed by atoms with Crippen LogP contribution in [0.5, 0.6) is 5.75 Å². The highest BCUT2D eigenvalue weighted by Gasteiger charge is 2.27. The molecule has 0 spiro atoms. The molecular weight excluding hydrogens is 202 g/mol. The number of hydrogen-bond donors (Lipinski definition) is 2. The minimum absolute atomic E-state index is 0.0702. The van der Waals surface area contributed by atoms with Gasteiger partial charge in [-0.1, -0.05) is 12.1 Å². The molecule has 0 aliphatic heterocycles. The van der Waals surface area contributed by atoms with Gasteiger partial charge in [0.25, 0.3) is 0 Å². The summed E-state index contributed by atoms with van der Waals surface area (Å²) in [6.45, 7) is 1.87. The van der Waals surface area contributed by atoms with E-state index in [0.717, 1.165) is 31.5 Å². The average molecular weight is 221 g/mol. The zero-order chi connectivity index (χ0) is 11.5. The van der Waals surface area contributed by atoms with E-state index >= 15 is 0 Å². The molecule has 0 bridgehead atoms. The Bertz CT molecular complexity index is 348. The first-order valence-electron chi connectivity index (χ1n) is 5.78. The summed E-state index contributed by atoms with van der Waals surface area (Å²) < 4.78 is 0. The third-order valence-electron chi connectivity index (χ3n) is 3.14. The molecule has 1 fully saturated rings. The van der Waals surface area contributed by atoms with E-state index in [4.69, 9.17) is 0 Å². The third kappa shape index (κ3) is 2.97. The maximum atomic E-state index is 9.35. The molecule has 1 aliphatic rings. The summed E-state index contributed by atoms with van der Waals surface area (Å²) >= 11 is 0. The zero-order valence-electron chi connectivity index (χ0n) is 9.63. The number of aliphatic hydroxyl groups is 1. The summed E-state index contributed by atoms with van der Waals surface area (Å²) in [6.07, 6.45) is 1.80. The lowest BCUT2D eigenvalue weighted by Crippen LogP contribution is -2.36. The molecule has 3 heteroatoms. The van der Waals surface area contributed by atoms with Crippen molar-refractivity contribution in [3.05, 3.63) is 29.8 Å². The Morgan fingerprint density at radius 1 is 1.38 bits per heavy atom. The summed E-state index contributed by atoms with van der Waals surface area (Å²) in [6, 6.07) is 7.37. The van der Waals surface area contributed by atoms with Crippen LogP contribution in [0.4, 0.5) is 0 Å². The fourth-order valence-corrected chi connectivity index (χ4v) is 2.32. The summed E-state index contributed by atoms with van der Waals surface area (Å²) in [5.41, 5.74) is 1.13. The SMILES string of the molecule is CN(Cc1cccc(O)c1)CC1CC(O)C1. The Morgan fingerprint density at radius 3 is 2.75 bits per heavy atom. The maximum absolute atomic E-state index is 9.35. The van der Waals surface area contributed by atoms with Gasteiger partial charge in [0.15, 0.2) is 0 Å². The topological polar surface area (TPSA) is 43.7 Å². The Morgan fingerprint density at radius 2 is 2.12 bits per heavy atom. The van der Waals surface area contributed by atoms with Crippen LogP contribution >= 0.6 is 0 Å². The monoisotopic (exact) mass is 221 g/mol. The Hall–Kier alpha value is -1.06. The van der Waals surface area contributed by atoms with Crippen LogP contribution < -0.4 is 0 Å². The van der Waals surface area contributed by atoms with Gasteiger partial charge < -0.3 is 15.1 Å². The van der Waals surface area contributed by atoms with E-state index in [2.05, 4.69) is 11.9 Å². The summed E-state index contributed by atoms with van der Waals surface area (Å²) in [5, 5.41) is 18.6. The second kappa shape index (κ2) is 4.85. The van der Waals surface area contributed by atoms with Crippen LogP contribution in [0, 0.1) is 5.92 Å². The molecule has 0 aromatic heterocycles. The normalized spacial score (nSPS) is 24.4. The van der Waals surface area contributed by atoms with Crippen molar-refractivity contribution in [2.75, 3.05) is 13.6 Å². The van der Waals surface area contributed by atoms with Crippen molar-refractivity contribution in [2.45, 2.75) is 25.5 Å². The highest BCUT2D eigenvalue weighted by molar-refractivity contribution is 5.26. The fourth-order valence-electron chi connectivity index (χ4n) is 2.32. The van der Waals surface area contributed by atoms with Crippen LogP contribution in [0.1, 0.15) is 18.4 Å². The van der Waals surface area contributed by atoms with Crippen molar-refractivity contribution >= 4 is 0 Å². The molecule has 1 aromatic carbocycles. The molecule has 0 saturated heterocycles. The van der Waals surface area contributed by atoms with E-state index in [1.165, 1.54) is 0 Å². The van der Waals surface area contributed by atoms with E-state index in [-0.39, 0.29) is 6.10 Å². The quantitative estimate of drug-likeness (QED) is 0.811. The summed E-state index contributed by atoms with van der Waals surface area (Å²) in [5.74, 6) is 0.960. The molecule has 2 N–H and O–H groups in total. The molecule has 3 nitrogen and oxygen atoms in total. The van der Waals surface area contributed by atoms with E-state index in [9.17, 15) is 10.2 Å². The molecule has 16 heavy (non-hydrogen) atoms. The first-order chi connectivity index (χ1) is 7.63. The lowest BCUT2D eigenvalue weighted by molar-refractivity contribution is 0.0274. The fraction of sp³-hybridized carbons (Fsp3) is 0.538. The molecule has 0 amide bonds. The van der Waals surface area contributed by atoms with Crippen molar-refractivity contribution < 1.29 is 10.2 Å². The molecule has 1 aromatic rings. The third-order valence-corrected chi connectivity index (χ3v) is 3.14. The number of hydrogen-bond acceptors (Lipinski definition) is 3. The largest absolute Gasteiger partial charge is 0.508 e. The Kier molecular flexibility index (Phi) is 3.46. The lowest BCUT2D eigenvalue weighted by Gasteiger charge is -2.34. The van der Waals surface area contributed by atoms with Crippen LogP contribution in [0.15, 0.2) is 24.3 Å². The maximum Gasteiger partial charge on any atom is 0.115 e. The van der Waals surface area contributed by atoms with Crippen LogP contribution in [0.2, 0.25) is 0 Å². The van der Waals surface area contributed by atoms with Gasteiger partial charge in [0.05, 0.1) is 6.10 Å². The van der Waals surface area contributed by atoms with Crippen molar-refractivity contribution in [1.29, 1.82) is 0 Å². The number of phenols is 1. The number of nitrogens with zero attached hydrogens (tertiary/aromatic N) is 1. The van der Waals surface area contributed by atoms with E-state index in [0.29, 0.717) is 11.7 Å². The number of rotatable bonds is 4. The van der Waals surface area contributed by atoms with Gasteiger partial charge in [-0.25, -0.2) is 0 Å². The van der Waals surface area contributed by atoms with Crippen LogP contribution in [0.25, 0.3) is 0 Å². The van der Waals surface area contributed by atoms with Gasteiger partial charge in [-0.3, -0.25) is 0 Å². The zero-order valence-corrected chi connectivity index (χ0v) is 9.63. The van der Waals surface area contributed by atoms with Gasteiger partial charge in [-0.15, -0.1) is 0 Å². The summed E-state index contributed by atoms with van der Waals surface area (Å²) in [7, 11) is 2.08. The Balaban J connectivity index is 1.80. The van der Waals surface area contributed by atoms with E-state index < -0.39 is 0 Å². The predicted molar refractivity (Wildman–Crippen MR) is 63.2 cm³/mol. The highest BCUT2D eigenvalue weighted by Crippen LogP contribution is 2.28. The minimum Gasteiger partial charge on any atom is -0.508 e. The molecule has 0 radical (unpaired) electrons. The van der Waals surface area contributed by atoms with Gasteiger partial charge in [0.1, 0.15) is 5.75 Å². The average Bonchev–Trinajstić information content (AvgIpc) is 2.15. The molecule has 88 valence electrons. The molecule has 0 unspecified atom stereocenters. The van der Waals surface area contributed by atoms with Crippen molar-refractivity contribution in [2.24, 2.45) is 5.92 Å². The number of aliphatic hydroxyl groups excluding tert-OH is 1. The first kappa shape index (κ1) is 11.4. The van der Waals surface area contributed by atoms with E-state index in [1.54, 1.807) is 12.1 Å². The minimum atomic E-state index is -0.0702. The van der Waals surface area contributed by atoms with Crippen LogP contribution in [-0.2, 0) is 6.54 Å². The van der Waals surface area contributed by atoms with Gasteiger partial charge >= 0.3 is 0 Å². The van der Waals surface area contributed by atoms with Crippen molar-refractivity contribution in [1.82, 2.24) is 4.90 Å². The number of aromatic hydroxyl groups is 1. The smallest absolute Gasteiger partial charge is 0.115 e. The van der Waals surface area contributed by atoms with Gasteiger partial charge in [-0.05, 0) is 43.5 Å². The lowest BCUT2D eigenvalue weighted by atomic mass is 9.82. The Labute approximate surface area is 96.3 Å². The second-order valence-corrected chi connectivity index (χ2v) is 4.86. The molecular formula is C13H19NO2. The molecule has 2 rings (SSSR count). The van der Waals surface area contributed by atoms with Crippen molar-refractivity contribution in [3.8, 4) is 5.75 Å². The molecule has 1 saturated carbocycles. The summed E-state index contributed by atoms with van der Waals surface area (Å²) in [4.78, 5) is 2.24. The van der Waals surface area contributed by atoms with Gasteiger partial charge in [0.2, 0.25) is 0 Å². The van der Waals surface area contributed by atoms with Crippen LogP contribution in [0.3, 0.4) is 0 Å². The van der Waals surface area contributed by atoms with Gasteiger partial charge in [0, 0.05) is 13.1 Å². The molecule has 1 aliphatic carbocycles. The van der Waals surface area contributed by atoms with Crippen LogP contribution in [-0.4, -0.2) is 34.8 Å².